The fourth-order valence-corrected chi connectivity index (χ4v) is 3.07. The number of nitrogens with zero attached hydrogens (tertiary/aromatic N) is 1. The van der Waals surface area contributed by atoms with Gasteiger partial charge < -0.3 is 20.3 Å². The minimum Gasteiger partial charge on any atom is -0.383 e. The lowest BCUT2D eigenvalue weighted by Gasteiger charge is -2.39. The number of carbonyl (C=O) groups excluding carboxylic acids is 2. The van der Waals surface area contributed by atoms with Crippen molar-refractivity contribution in [3.63, 3.8) is 0 Å². The lowest BCUT2D eigenvalue weighted by molar-refractivity contribution is -0.132. The number of urea groups is 1. The Hall–Kier alpha value is -2.08. The van der Waals surface area contributed by atoms with E-state index in [0.717, 1.165) is 18.4 Å². The molecule has 6 nitrogen and oxygen atoms in total. The van der Waals surface area contributed by atoms with Crippen molar-refractivity contribution in [2.75, 3.05) is 33.4 Å². The average Bonchev–Trinajstić information content (AvgIpc) is 2.61. The van der Waals surface area contributed by atoms with Gasteiger partial charge in [0.15, 0.2) is 0 Å². The van der Waals surface area contributed by atoms with Gasteiger partial charge in [-0.05, 0) is 32.3 Å². The summed E-state index contributed by atoms with van der Waals surface area (Å²) in [7, 11) is 1.60. The highest BCUT2D eigenvalue weighted by molar-refractivity contribution is 5.84. The number of hydrogen-bond acceptors (Lipinski definition) is 3. The van der Waals surface area contributed by atoms with E-state index in [1.807, 2.05) is 38.1 Å². The normalized spacial score (nSPS) is 20.2. The molecule has 0 aliphatic carbocycles. The van der Waals surface area contributed by atoms with Crippen LogP contribution in [0.25, 0.3) is 0 Å². The molecule has 1 atom stereocenters. The monoisotopic (exact) mass is 347 g/mol. The van der Waals surface area contributed by atoms with Crippen molar-refractivity contribution < 1.29 is 14.3 Å². The third kappa shape index (κ3) is 5.46. The maximum atomic E-state index is 12.7. The van der Waals surface area contributed by atoms with Gasteiger partial charge in [-0.15, -0.1) is 0 Å². The number of aryl methyl sites for hydroxylation is 1. The molecule has 0 saturated carbocycles. The fourth-order valence-electron chi connectivity index (χ4n) is 3.07. The van der Waals surface area contributed by atoms with Crippen LogP contribution in [0, 0.1) is 12.3 Å². The van der Waals surface area contributed by atoms with Gasteiger partial charge >= 0.3 is 6.03 Å². The van der Waals surface area contributed by atoms with Gasteiger partial charge in [0.25, 0.3) is 0 Å². The zero-order valence-electron chi connectivity index (χ0n) is 15.4. The maximum absolute atomic E-state index is 12.7. The van der Waals surface area contributed by atoms with Crippen LogP contribution >= 0.6 is 0 Å². The zero-order chi connectivity index (χ0) is 18.3. The summed E-state index contributed by atoms with van der Waals surface area (Å²) in [4.78, 5) is 26.6. The third-order valence-electron chi connectivity index (χ3n) is 4.69. The topological polar surface area (TPSA) is 70.7 Å². The molecule has 0 aromatic heterocycles. The number of methoxy groups -OCH3 is 1. The highest BCUT2D eigenvalue weighted by Crippen LogP contribution is 2.29. The molecule has 3 amide bonds. The Bertz CT molecular complexity index is 588. The van der Waals surface area contributed by atoms with E-state index in [9.17, 15) is 9.59 Å². The van der Waals surface area contributed by atoms with Crippen LogP contribution in [-0.2, 0) is 16.1 Å². The van der Waals surface area contributed by atoms with Gasteiger partial charge in [-0.2, -0.15) is 0 Å². The van der Waals surface area contributed by atoms with E-state index < -0.39 is 5.41 Å². The van der Waals surface area contributed by atoms with E-state index in [1.54, 1.807) is 12.0 Å². The molecular formula is C19H29N3O3. The number of carbonyl (C=O) groups is 2. The SMILES string of the molecule is COCCNC(=O)N1CCCC(C)(C(=O)NCc2ccc(C)cc2)C1. The zero-order valence-corrected chi connectivity index (χ0v) is 15.4. The molecule has 138 valence electrons. The molecule has 0 bridgehead atoms. The minimum atomic E-state index is -0.554. The van der Waals surface area contributed by atoms with Crippen molar-refractivity contribution in [3.05, 3.63) is 35.4 Å². The van der Waals surface area contributed by atoms with E-state index in [2.05, 4.69) is 10.6 Å². The average molecular weight is 347 g/mol. The summed E-state index contributed by atoms with van der Waals surface area (Å²) in [5.74, 6) is 0.00228. The number of amides is 3. The molecule has 1 unspecified atom stereocenters. The number of piperidine rings is 1. The van der Waals surface area contributed by atoms with Crippen molar-refractivity contribution in [2.24, 2.45) is 5.41 Å². The predicted octanol–water partition coefficient (Wildman–Crippen LogP) is 2.07. The van der Waals surface area contributed by atoms with Crippen LogP contribution in [0.1, 0.15) is 30.9 Å². The second kappa shape index (κ2) is 8.85. The van der Waals surface area contributed by atoms with Gasteiger partial charge in [0.2, 0.25) is 5.91 Å². The van der Waals surface area contributed by atoms with Gasteiger partial charge in [0, 0.05) is 33.3 Å². The first kappa shape index (κ1) is 19.2. The minimum absolute atomic E-state index is 0.00228. The summed E-state index contributed by atoms with van der Waals surface area (Å²) < 4.78 is 4.94. The van der Waals surface area contributed by atoms with Crippen LogP contribution in [0.3, 0.4) is 0 Å². The highest BCUT2D eigenvalue weighted by Gasteiger charge is 2.39. The quantitative estimate of drug-likeness (QED) is 0.774. The van der Waals surface area contributed by atoms with Crippen molar-refractivity contribution in [1.82, 2.24) is 15.5 Å². The first-order valence-electron chi connectivity index (χ1n) is 8.80. The molecule has 0 radical (unpaired) electrons. The van der Waals surface area contributed by atoms with Crippen LogP contribution in [0.5, 0.6) is 0 Å². The van der Waals surface area contributed by atoms with Crippen molar-refractivity contribution in [3.8, 4) is 0 Å². The van der Waals surface area contributed by atoms with Gasteiger partial charge in [-0.1, -0.05) is 29.8 Å². The smallest absolute Gasteiger partial charge is 0.317 e. The lowest BCUT2D eigenvalue weighted by Crippen LogP contribution is -2.54. The van der Waals surface area contributed by atoms with Crippen LogP contribution in [0.2, 0.25) is 0 Å². The summed E-state index contributed by atoms with van der Waals surface area (Å²) in [6.07, 6.45) is 1.61. The van der Waals surface area contributed by atoms with Gasteiger partial charge in [0.05, 0.1) is 12.0 Å². The number of hydrogen-bond donors (Lipinski definition) is 2. The predicted molar refractivity (Wildman–Crippen MR) is 97.2 cm³/mol. The molecule has 2 N–H and O–H groups in total. The Balaban J connectivity index is 1.88. The molecule has 0 spiro atoms. The molecule has 1 aromatic carbocycles. The molecule has 1 saturated heterocycles. The molecule has 1 aliphatic rings. The maximum Gasteiger partial charge on any atom is 0.317 e. The Labute approximate surface area is 149 Å². The summed E-state index contributed by atoms with van der Waals surface area (Å²) in [6.45, 7) is 6.56. The third-order valence-corrected chi connectivity index (χ3v) is 4.69. The lowest BCUT2D eigenvalue weighted by atomic mass is 9.81. The second-order valence-corrected chi connectivity index (χ2v) is 6.98. The first-order chi connectivity index (χ1) is 11.9. The second-order valence-electron chi connectivity index (χ2n) is 6.98. The fraction of sp³-hybridized carbons (Fsp3) is 0.579. The number of rotatable bonds is 6. The van der Waals surface area contributed by atoms with E-state index >= 15 is 0 Å². The van der Waals surface area contributed by atoms with Crippen molar-refractivity contribution in [1.29, 1.82) is 0 Å². The van der Waals surface area contributed by atoms with E-state index in [0.29, 0.717) is 32.8 Å². The summed E-state index contributed by atoms with van der Waals surface area (Å²) in [5, 5.41) is 5.85. The van der Waals surface area contributed by atoms with Crippen molar-refractivity contribution in [2.45, 2.75) is 33.2 Å². The number of ether oxygens (including phenoxy) is 1. The number of benzene rings is 1. The molecule has 6 heteroatoms. The van der Waals surface area contributed by atoms with Crippen LogP contribution in [0.15, 0.2) is 24.3 Å². The molecule has 1 aromatic rings. The summed E-state index contributed by atoms with van der Waals surface area (Å²) >= 11 is 0. The first-order valence-corrected chi connectivity index (χ1v) is 8.80. The molecule has 25 heavy (non-hydrogen) atoms. The molecule has 1 fully saturated rings. The van der Waals surface area contributed by atoms with Gasteiger partial charge in [0.1, 0.15) is 0 Å². The van der Waals surface area contributed by atoms with E-state index in [4.69, 9.17) is 4.74 Å². The van der Waals surface area contributed by atoms with Crippen LogP contribution < -0.4 is 10.6 Å². The highest BCUT2D eigenvalue weighted by atomic mass is 16.5. The van der Waals surface area contributed by atoms with Crippen LogP contribution in [0.4, 0.5) is 4.79 Å². The summed E-state index contributed by atoms with van der Waals surface area (Å²) in [5.41, 5.74) is 1.72. The van der Waals surface area contributed by atoms with Crippen LogP contribution in [-0.4, -0.2) is 50.2 Å². The molecule has 1 heterocycles. The van der Waals surface area contributed by atoms with E-state index in [-0.39, 0.29) is 11.9 Å². The van der Waals surface area contributed by atoms with Gasteiger partial charge in [-0.3, -0.25) is 4.79 Å². The summed E-state index contributed by atoms with van der Waals surface area (Å²) in [6, 6.07) is 7.99. The Morgan fingerprint density at radius 1 is 1.24 bits per heavy atom. The molecule has 2 rings (SSSR count). The molecule has 1 aliphatic heterocycles. The number of likely N-dealkylation sites (tertiary alicyclic amines) is 1. The van der Waals surface area contributed by atoms with Gasteiger partial charge in [-0.25, -0.2) is 4.79 Å². The molecular weight excluding hydrogens is 318 g/mol. The Morgan fingerprint density at radius 3 is 2.64 bits per heavy atom. The Morgan fingerprint density at radius 2 is 1.96 bits per heavy atom. The largest absolute Gasteiger partial charge is 0.383 e. The van der Waals surface area contributed by atoms with Crippen molar-refractivity contribution >= 4 is 11.9 Å². The standard InChI is InChI=1S/C19H29N3O3/c1-15-5-7-16(8-6-15)13-21-17(23)19(2)9-4-11-22(14-19)18(24)20-10-12-25-3/h5-8H,4,9-14H2,1-3H3,(H,20,24)(H,21,23). The Kier molecular flexibility index (Phi) is 6.82. The van der Waals surface area contributed by atoms with E-state index in [1.165, 1.54) is 5.56 Å². The number of nitrogens with one attached hydrogen (secondary N) is 2.